The fourth-order valence-electron chi connectivity index (χ4n) is 3.77. The molecule has 1 aliphatic heterocycles. The van der Waals surface area contributed by atoms with Crippen LogP contribution in [-0.4, -0.2) is 16.2 Å². The Balaban J connectivity index is 2.26. The number of fused-ring (bicyclic) bond motifs is 1. The van der Waals surface area contributed by atoms with Crippen LogP contribution in [-0.2, 0) is 16.1 Å². The topological polar surface area (TPSA) is 114 Å². The van der Waals surface area contributed by atoms with E-state index in [4.69, 9.17) is 15.2 Å². The normalized spacial score (nSPS) is 15.8. The number of aromatic nitrogens is 2. The van der Waals surface area contributed by atoms with E-state index in [2.05, 4.69) is 16.3 Å². The summed E-state index contributed by atoms with van der Waals surface area (Å²) in [6.45, 7) is 9.41. The summed E-state index contributed by atoms with van der Waals surface area (Å²) in [5.41, 5.74) is 12.9. The maximum atomic E-state index is 11.3. The first-order valence-electron chi connectivity index (χ1n) is 8.61. The Morgan fingerprint density at radius 2 is 2.04 bits per heavy atom. The van der Waals surface area contributed by atoms with Crippen LogP contribution in [0.5, 0.6) is 5.88 Å². The predicted molar refractivity (Wildman–Crippen MR) is 98.7 cm³/mol. The number of carbonyl (C=O) groups is 1. The molecule has 7 nitrogen and oxygen atoms in total. The van der Waals surface area contributed by atoms with Crippen LogP contribution in [0.3, 0.4) is 0 Å². The summed E-state index contributed by atoms with van der Waals surface area (Å²) in [6.07, 6.45) is 0. The van der Waals surface area contributed by atoms with E-state index in [1.807, 2.05) is 33.8 Å². The van der Waals surface area contributed by atoms with Crippen molar-refractivity contribution >= 4 is 5.97 Å². The van der Waals surface area contributed by atoms with E-state index in [0.717, 1.165) is 39.1 Å². The van der Waals surface area contributed by atoms with Gasteiger partial charge in [-0.25, -0.2) is 0 Å². The lowest BCUT2D eigenvalue weighted by Gasteiger charge is -2.28. The van der Waals surface area contributed by atoms with Crippen LogP contribution in [0.4, 0.5) is 0 Å². The molecule has 2 aromatic rings. The number of rotatable bonds is 3. The highest BCUT2D eigenvalue weighted by molar-refractivity contribution is 5.66. The van der Waals surface area contributed by atoms with E-state index in [1.54, 1.807) is 0 Å². The largest absolute Gasteiger partial charge is 0.461 e. The van der Waals surface area contributed by atoms with Crippen molar-refractivity contribution in [2.75, 3.05) is 0 Å². The lowest BCUT2D eigenvalue weighted by atomic mass is 9.78. The van der Waals surface area contributed by atoms with E-state index in [-0.39, 0.29) is 18.5 Å². The maximum Gasteiger partial charge on any atom is 0.302 e. The molecular weight excluding hydrogens is 344 g/mol. The lowest BCUT2D eigenvalue weighted by Crippen LogP contribution is -2.22. The Bertz CT molecular complexity index is 1010. The first kappa shape index (κ1) is 18.5. The summed E-state index contributed by atoms with van der Waals surface area (Å²) in [5, 5.41) is 16.8. The van der Waals surface area contributed by atoms with Crippen molar-refractivity contribution in [2.45, 2.75) is 47.1 Å². The molecule has 0 unspecified atom stereocenters. The Labute approximate surface area is 157 Å². The standard InChI is InChI=1S/C20H22N4O3/c1-9-6-10(2)16(11(3)15(9)8-26-13(5)25)18-14(7-21)19(22)27-20-17(18)12(4)23-24-20/h6,18H,8,22H2,1-5H3,(H,23,24)/t18-/m0/s1. The number of carbonyl (C=O) groups excluding carboxylic acids is 1. The quantitative estimate of drug-likeness (QED) is 0.807. The van der Waals surface area contributed by atoms with E-state index in [9.17, 15) is 10.1 Å². The first-order chi connectivity index (χ1) is 12.8. The van der Waals surface area contributed by atoms with Crippen LogP contribution in [0.1, 0.15) is 51.9 Å². The van der Waals surface area contributed by atoms with Gasteiger partial charge in [0.05, 0.1) is 5.92 Å². The summed E-state index contributed by atoms with van der Waals surface area (Å²) in [6, 6.07) is 4.24. The van der Waals surface area contributed by atoms with Crippen LogP contribution < -0.4 is 10.5 Å². The van der Waals surface area contributed by atoms with Crippen LogP contribution >= 0.6 is 0 Å². The number of esters is 1. The number of nitrogens with zero attached hydrogens (tertiary/aromatic N) is 2. The summed E-state index contributed by atoms with van der Waals surface area (Å²) in [5.74, 6) is -0.289. The molecule has 0 bridgehead atoms. The van der Waals surface area contributed by atoms with Crippen LogP contribution in [0.15, 0.2) is 17.5 Å². The minimum atomic E-state index is -0.394. The van der Waals surface area contributed by atoms with Gasteiger partial charge in [0.2, 0.25) is 11.8 Å². The van der Waals surface area contributed by atoms with Gasteiger partial charge in [0.15, 0.2) is 0 Å². The fraction of sp³-hybridized carbons (Fsp3) is 0.350. The second-order valence-corrected chi connectivity index (χ2v) is 6.80. The molecule has 0 saturated heterocycles. The third-order valence-electron chi connectivity index (χ3n) is 5.03. The average Bonchev–Trinajstić information content (AvgIpc) is 2.94. The van der Waals surface area contributed by atoms with E-state index in [0.29, 0.717) is 11.5 Å². The van der Waals surface area contributed by atoms with Crippen LogP contribution in [0.2, 0.25) is 0 Å². The smallest absolute Gasteiger partial charge is 0.302 e. The monoisotopic (exact) mass is 366 g/mol. The van der Waals surface area contributed by atoms with E-state index >= 15 is 0 Å². The third kappa shape index (κ3) is 3.04. The number of aromatic amines is 1. The van der Waals surface area contributed by atoms with Crippen molar-refractivity contribution in [3.63, 3.8) is 0 Å². The van der Waals surface area contributed by atoms with Gasteiger partial charge in [-0.3, -0.25) is 9.89 Å². The van der Waals surface area contributed by atoms with Crippen LogP contribution in [0.25, 0.3) is 0 Å². The Kier molecular flexibility index (Phi) is 4.66. The molecule has 0 saturated carbocycles. The number of hydrogen-bond donors (Lipinski definition) is 2. The third-order valence-corrected chi connectivity index (χ3v) is 5.03. The number of hydrogen-bond acceptors (Lipinski definition) is 6. The highest BCUT2D eigenvalue weighted by Crippen LogP contribution is 2.45. The second-order valence-electron chi connectivity index (χ2n) is 6.80. The molecule has 0 radical (unpaired) electrons. The number of nitriles is 1. The molecule has 7 heteroatoms. The number of nitrogens with one attached hydrogen (secondary N) is 1. The van der Waals surface area contributed by atoms with Gasteiger partial charge in [0.1, 0.15) is 18.2 Å². The van der Waals surface area contributed by atoms with Gasteiger partial charge in [-0.15, -0.1) is 5.10 Å². The molecule has 27 heavy (non-hydrogen) atoms. The number of aryl methyl sites for hydroxylation is 3. The molecule has 1 aromatic carbocycles. The van der Waals surface area contributed by atoms with Gasteiger partial charge in [-0.05, 0) is 55.5 Å². The van der Waals surface area contributed by atoms with Gasteiger partial charge >= 0.3 is 5.97 Å². The molecule has 0 aliphatic carbocycles. The number of nitrogens with two attached hydrogens (primary N) is 1. The molecule has 1 aromatic heterocycles. The molecule has 2 heterocycles. The van der Waals surface area contributed by atoms with Crippen molar-refractivity contribution in [2.24, 2.45) is 5.73 Å². The van der Waals surface area contributed by atoms with E-state index in [1.165, 1.54) is 6.92 Å². The van der Waals surface area contributed by atoms with Gasteiger partial charge in [0, 0.05) is 18.2 Å². The highest BCUT2D eigenvalue weighted by atomic mass is 16.5. The molecule has 3 rings (SSSR count). The zero-order valence-corrected chi connectivity index (χ0v) is 16.1. The number of benzene rings is 1. The van der Waals surface area contributed by atoms with Gasteiger partial charge in [-0.1, -0.05) is 6.07 Å². The number of H-pyrrole nitrogens is 1. The molecule has 0 amide bonds. The minimum absolute atomic E-state index is 0.0578. The molecule has 1 atom stereocenters. The second kappa shape index (κ2) is 6.80. The molecular formula is C20H22N4O3. The first-order valence-corrected chi connectivity index (χ1v) is 8.61. The van der Waals surface area contributed by atoms with Crippen molar-refractivity contribution < 1.29 is 14.3 Å². The SMILES string of the molecule is CC(=O)OCc1c(C)cc(C)c([C@@H]2C(C#N)=C(N)Oc3n[nH]c(C)c32)c1C. The van der Waals surface area contributed by atoms with Crippen molar-refractivity contribution in [1.29, 1.82) is 5.26 Å². The van der Waals surface area contributed by atoms with Crippen molar-refractivity contribution in [1.82, 2.24) is 10.2 Å². The van der Waals surface area contributed by atoms with Crippen LogP contribution in [0, 0.1) is 39.0 Å². The van der Waals surface area contributed by atoms with Gasteiger partial charge < -0.3 is 15.2 Å². The summed E-state index contributed by atoms with van der Waals surface area (Å²) >= 11 is 0. The number of allylic oxidation sites excluding steroid dienone is 1. The Hall–Kier alpha value is -3.27. The average molecular weight is 366 g/mol. The van der Waals surface area contributed by atoms with Crippen molar-refractivity contribution in [3.8, 4) is 11.9 Å². The maximum absolute atomic E-state index is 11.3. The molecule has 3 N–H and O–H groups in total. The molecule has 0 spiro atoms. The Morgan fingerprint density at radius 1 is 1.33 bits per heavy atom. The zero-order chi connectivity index (χ0) is 19.9. The van der Waals surface area contributed by atoms with Crippen molar-refractivity contribution in [3.05, 3.63) is 56.6 Å². The highest BCUT2D eigenvalue weighted by Gasteiger charge is 2.36. The Morgan fingerprint density at radius 3 is 2.67 bits per heavy atom. The van der Waals surface area contributed by atoms with Gasteiger partial charge in [-0.2, -0.15) is 5.26 Å². The zero-order valence-electron chi connectivity index (χ0n) is 16.1. The lowest BCUT2D eigenvalue weighted by molar-refractivity contribution is -0.142. The molecule has 0 fully saturated rings. The van der Waals surface area contributed by atoms with E-state index < -0.39 is 5.92 Å². The summed E-state index contributed by atoms with van der Waals surface area (Å²) in [4.78, 5) is 11.3. The number of ether oxygens (including phenoxy) is 2. The predicted octanol–water partition coefficient (Wildman–Crippen LogP) is 2.92. The fourth-order valence-corrected chi connectivity index (χ4v) is 3.77. The summed E-state index contributed by atoms with van der Waals surface area (Å²) in [7, 11) is 0. The summed E-state index contributed by atoms with van der Waals surface area (Å²) < 4.78 is 10.8. The molecule has 140 valence electrons. The minimum Gasteiger partial charge on any atom is -0.461 e. The van der Waals surface area contributed by atoms with Gasteiger partial charge in [0.25, 0.3) is 0 Å². The molecule has 1 aliphatic rings.